The summed E-state index contributed by atoms with van der Waals surface area (Å²) in [6.07, 6.45) is 1.40. The molecule has 0 radical (unpaired) electrons. The largest absolute Gasteiger partial charge is 0.294 e. The number of nitrogens with zero attached hydrogens (tertiary/aromatic N) is 2. The minimum atomic E-state index is -0.193. The second kappa shape index (κ2) is 5.77. The van der Waals surface area contributed by atoms with Crippen molar-refractivity contribution in [1.29, 1.82) is 0 Å². The van der Waals surface area contributed by atoms with Gasteiger partial charge in [-0.25, -0.2) is 4.98 Å². The van der Waals surface area contributed by atoms with Crippen LogP contribution in [0.3, 0.4) is 0 Å². The van der Waals surface area contributed by atoms with E-state index in [4.69, 9.17) is 34.8 Å². The Balaban J connectivity index is 2.41. The van der Waals surface area contributed by atoms with Gasteiger partial charge in [0.05, 0.1) is 12.9 Å². The lowest BCUT2D eigenvalue weighted by atomic mass is 10.2. The fourth-order valence-electron chi connectivity index (χ4n) is 1.39. The predicted octanol–water partition coefficient (Wildman–Crippen LogP) is 3.86. The minimum absolute atomic E-state index is 0.193. The molecule has 0 spiro atoms. The first-order valence-corrected chi connectivity index (χ1v) is 7.04. The quantitative estimate of drug-likeness (QED) is 0.552. The summed E-state index contributed by atoms with van der Waals surface area (Å²) in [7, 11) is 0. The van der Waals surface area contributed by atoms with E-state index in [9.17, 15) is 4.79 Å². The molecule has 0 unspecified atom stereocenters. The van der Waals surface area contributed by atoms with Gasteiger partial charge in [0.25, 0.3) is 5.56 Å². The third kappa shape index (κ3) is 2.99. The molecular formula is C11H6Cl3IN2O. The van der Waals surface area contributed by atoms with Crippen LogP contribution in [0.5, 0.6) is 0 Å². The van der Waals surface area contributed by atoms with E-state index in [-0.39, 0.29) is 10.7 Å². The minimum Gasteiger partial charge on any atom is -0.294 e. The van der Waals surface area contributed by atoms with Crippen molar-refractivity contribution in [3.8, 4) is 0 Å². The van der Waals surface area contributed by atoms with Gasteiger partial charge in [-0.15, -0.1) is 0 Å². The monoisotopic (exact) mass is 414 g/mol. The summed E-state index contributed by atoms with van der Waals surface area (Å²) in [4.78, 5) is 15.9. The summed E-state index contributed by atoms with van der Waals surface area (Å²) >= 11 is 19.5. The van der Waals surface area contributed by atoms with Crippen molar-refractivity contribution in [3.63, 3.8) is 0 Å². The van der Waals surface area contributed by atoms with Crippen LogP contribution in [0.15, 0.2) is 29.3 Å². The van der Waals surface area contributed by atoms with Crippen LogP contribution in [0.2, 0.25) is 15.2 Å². The number of benzene rings is 1. The topological polar surface area (TPSA) is 34.9 Å². The number of rotatable bonds is 2. The Morgan fingerprint density at radius 2 is 2.00 bits per heavy atom. The van der Waals surface area contributed by atoms with E-state index in [0.29, 0.717) is 20.2 Å². The van der Waals surface area contributed by atoms with Crippen molar-refractivity contribution in [2.45, 2.75) is 6.54 Å². The Bertz CT molecular complexity index is 657. The third-order valence-corrected chi connectivity index (χ3v) is 4.46. The molecule has 0 saturated carbocycles. The maximum absolute atomic E-state index is 11.9. The van der Waals surface area contributed by atoms with Crippen LogP contribution < -0.4 is 5.56 Å². The first kappa shape index (κ1) is 14.1. The van der Waals surface area contributed by atoms with Gasteiger partial charge in [0.2, 0.25) is 0 Å². The first-order chi connectivity index (χ1) is 8.49. The number of hydrogen-bond donors (Lipinski definition) is 0. The second-order valence-electron chi connectivity index (χ2n) is 3.52. The van der Waals surface area contributed by atoms with Crippen molar-refractivity contribution in [3.05, 3.63) is 59.2 Å². The van der Waals surface area contributed by atoms with Gasteiger partial charge in [0.15, 0.2) is 0 Å². The van der Waals surface area contributed by atoms with Crippen LogP contribution in [0.25, 0.3) is 0 Å². The van der Waals surface area contributed by atoms with Crippen molar-refractivity contribution in [2.75, 3.05) is 0 Å². The van der Waals surface area contributed by atoms with Crippen molar-refractivity contribution < 1.29 is 0 Å². The zero-order valence-electron chi connectivity index (χ0n) is 8.83. The van der Waals surface area contributed by atoms with Crippen LogP contribution in [0.1, 0.15) is 5.56 Å². The molecule has 18 heavy (non-hydrogen) atoms. The highest BCUT2D eigenvalue weighted by Crippen LogP contribution is 2.21. The molecule has 0 aliphatic heterocycles. The summed E-state index contributed by atoms with van der Waals surface area (Å²) in [5, 5.41) is 1.28. The summed E-state index contributed by atoms with van der Waals surface area (Å²) in [6, 6.07) is 5.14. The molecule has 0 saturated heterocycles. The van der Waals surface area contributed by atoms with Crippen LogP contribution in [0, 0.1) is 3.57 Å². The summed E-state index contributed by atoms with van der Waals surface area (Å²) in [5.74, 6) is 0. The van der Waals surface area contributed by atoms with E-state index in [2.05, 4.69) is 4.98 Å². The van der Waals surface area contributed by atoms with Crippen molar-refractivity contribution in [1.82, 2.24) is 9.55 Å². The highest BCUT2D eigenvalue weighted by atomic mass is 127. The number of halogens is 4. The Hall–Kier alpha value is -0.300. The maximum atomic E-state index is 11.9. The van der Waals surface area contributed by atoms with Gasteiger partial charge in [-0.1, -0.05) is 40.9 Å². The van der Waals surface area contributed by atoms with Gasteiger partial charge in [-0.05, 0) is 40.3 Å². The Morgan fingerprint density at radius 1 is 1.28 bits per heavy atom. The summed E-state index contributed by atoms with van der Waals surface area (Å²) < 4.78 is 1.84. The highest BCUT2D eigenvalue weighted by Gasteiger charge is 2.09. The van der Waals surface area contributed by atoms with E-state index in [1.807, 2.05) is 22.6 Å². The summed E-state index contributed by atoms with van der Waals surface area (Å²) in [6.45, 7) is 0.328. The Kier molecular flexibility index (Phi) is 4.53. The lowest BCUT2D eigenvalue weighted by Gasteiger charge is -2.08. The van der Waals surface area contributed by atoms with E-state index < -0.39 is 0 Å². The SMILES string of the molecule is O=c1c(I)c(Cl)ncn1Cc1ccc(Cl)cc1Cl. The van der Waals surface area contributed by atoms with Gasteiger partial charge >= 0.3 is 0 Å². The number of hydrogen-bond acceptors (Lipinski definition) is 2. The first-order valence-electron chi connectivity index (χ1n) is 4.83. The fourth-order valence-corrected chi connectivity index (χ4v) is 2.43. The van der Waals surface area contributed by atoms with Gasteiger partial charge in [-0.3, -0.25) is 9.36 Å². The molecule has 1 heterocycles. The van der Waals surface area contributed by atoms with Gasteiger partial charge < -0.3 is 0 Å². The van der Waals surface area contributed by atoms with Crippen LogP contribution in [-0.4, -0.2) is 9.55 Å². The second-order valence-corrected chi connectivity index (χ2v) is 5.80. The van der Waals surface area contributed by atoms with Crippen molar-refractivity contribution in [2.24, 2.45) is 0 Å². The van der Waals surface area contributed by atoms with Gasteiger partial charge in [0, 0.05) is 10.0 Å². The Morgan fingerprint density at radius 3 is 2.67 bits per heavy atom. The lowest BCUT2D eigenvalue weighted by molar-refractivity contribution is 0.730. The molecular weight excluding hydrogens is 409 g/mol. The van der Waals surface area contributed by atoms with E-state index >= 15 is 0 Å². The molecule has 0 fully saturated rings. The molecule has 0 atom stereocenters. The number of aromatic nitrogens is 2. The molecule has 2 rings (SSSR count). The Labute approximate surface area is 132 Å². The maximum Gasteiger partial charge on any atom is 0.268 e. The average molecular weight is 415 g/mol. The highest BCUT2D eigenvalue weighted by molar-refractivity contribution is 14.1. The van der Waals surface area contributed by atoms with Crippen LogP contribution >= 0.6 is 57.4 Å². The average Bonchev–Trinajstić information content (AvgIpc) is 2.33. The fraction of sp³-hybridized carbons (Fsp3) is 0.0909. The molecule has 0 N–H and O–H groups in total. The van der Waals surface area contributed by atoms with E-state index in [1.54, 1.807) is 18.2 Å². The molecule has 0 aliphatic carbocycles. The molecule has 94 valence electrons. The van der Waals surface area contributed by atoms with Gasteiger partial charge in [-0.2, -0.15) is 0 Å². The van der Waals surface area contributed by atoms with Crippen molar-refractivity contribution >= 4 is 57.4 Å². The van der Waals surface area contributed by atoms with Crippen LogP contribution in [0.4, 0.5) is 0 Å². The lowest BCUT2D eigenvalue weighted by Crippen LogP contribution is -2.23. The van der Waals surface area contributed by atoms with E-state index in [1.165, 1.54) is 10.9 Å². The third-order valence-electron chi connectivity index (χ3n) is 2.30. The zero-order chi connectivity index (χ0) is 13.3. The molecule has 0 bridgehead atoms. The predicted molar refractivity (Wildman–Crippen MR) is 81.8 cm³/mol. The molecule has 0 aliphatic rings. The normalized spacial score (nSPS) is 10.7. The van der Waals surface area contributed by atoms with Gasteiger partial charge in [0.1, 0.15) is 8.72 Å². The molecule has 3 nitrogen and oxygen atoms in total. The summed E-state index contributed by atoms with van der Waals surface area (Å²) in [5.41, 5.74) is 0.602. The standard InChI is InChI=1S/C11H6Cl3IN2O/c12-7-2-1-6(8(13)3-7)4-17-5-16-10(14)9(15)11(17)18/h1-3,5H,4H2. The molecule has 1 aromatic carbocycles. The molecule has 2 aromatic rings. The molecule has 7 heteroatoms. The van der Waals surface area contributed by atoms with E-state index in [0.717, 1.165) is 5.56 Å². The zero-order valence-corrected chi connectivity index (χ0v) is 13.3. The smallest absolute Gasteiger partial charge is 0.268 e. The van der Waals surface area contributed by atoms with Crippen LogP contribution in [-0.2, 0) is 6.54 Å². The molecule has 0 amide bonds. The molecule has 1 aromatic heterocycles.